The Kier molecular flexibility index (Phi) is 7.05. The number of benzene rings is 1. The van der Waals surface area contributed by atoms with Crippen molar-refractivity contribution in [2.75, 3.05) is 6.61 Å². The second-order valence-electron chi connectivity index (χ2n) is 6.40. The van der Waals surface area contributed by atoms with E-state index in [4.69, 9.17) is 5.11 Å². The number of carbonyl (C=O) groups excluding carboxylic acids is 3. The summed E-state index contributed by atoms with van der Waals surface area (Å²) in [7, 11) is -4.76. The van der Waals surface area contributed by atoms with Crippen molar-refractivity contribution in [3.8, 4) is 0 Å². The van der Waals surface area contributed by atoms with Gasteiger partial charge in [0.25, 0.3) is 21.7 Å². The molecule has 1 aromatic carbocycles. The Morgan fingerprint density at radius 3 is 1.97 bits per heavy atom. The Morgan fingerprint density at radius 2 is 1.43 bits per heavy atom. The molecule has 0 radical (unpaired) electrons. The van der Waals surface area contributed by atoms with E-state index in [-0.39, 0.29) is 0 Å². The molecule has 6 atom stereocenters. The monoisotopic (exact) mass is 449 g/mol. The van der Waals surface area contributed by atoms with Crippen molar-refractivity contribution in [2.45, 2.75) is 41.5 Å². The van der Waals surface area contributed by atoms with E-state index < -0.39 is 85.6 Å². The summed E-state index contributed by atoms with van der Waals surface area (Å²) in [5, 5.41) is 66.6. The van der Waals surface area contributed by atoms with Gasteiger partial charge in [-0.3, -0.25) is 14.4 Å². The lowest BCUT2D eigenvalue weighted by molar-refractivity contribution is -0.168. The maximum absolute atomic E-state index is 12.4. The summed E-state index contributed by atoms with van der Waals surface area (Å²) in [6, 6.07) is 4.68. The number of aliphatic hydroxyl groups excluding tert-OH is 7. The molecule has 1 aliphatic rings. The Morgan fingerprint density at radius 1 is 0.900 bits per heavy atom. The number of aliphatic hydroxyl groups is 7. The van der Waals surface area contributed by atoms with Crippen LogP contribution in [0.3, 0.4) is 0 Å². The lowest BCUT2D eigenvalue weighted by Crippen LogP contribution is -2.56. The zero-order valence-corrected chi connectivity index (χ0v) is 15.8. The summed E-state index contributed by atoms with van der Waals surface area (Å²) >= 11 is 0. The van der Waals surface area contributed by atoms with Crippen molar-refractivity contribution in [2.24, 2.45) is 0 Å². The van der Waals surface area contributed by atoms with Gasteiger partial charge in [0.1, 0.15) is 35.4 Å². The first kappa shape index (κ1) is 24.0. The molecule has 0 saturated carbocycles. The van der Waals surface area contributed by atoms with Crippen LogP contribution in [0.15, 0.2) is 29.2 Å². The van der Waals surface area contributed by atoms with Gasteiger partial charge in [0.2, 0.25) is 0 Å². The fourth-order valence-corrected chi connectivity index (χ4v) is 4.20. The normalized spacial score (nSPS) is 21.3. The summed E-state index contributed by atoms with van der Waals surface area (Å²) < 4.78 is 24.4. The van der Waals surface area contributed by atoms with E-state index in [2.05, 4.69) is 0 Å². The number of ketones is 1. The smallest absolute Gasteiger partial charge is 0.313 e. The van der Waals surface area contributed by atoms with E-state index in [1.807, 2.05) is 0 Å². The second kappa shape index (κ2) is 8.83. The molecule has 0 spiro atoms. The van der Waals surface area contributed by atoms with Gasteiger partial charge in [-0.15, -0.1) is 0 Å². The van der Waals surface area contributed by atoms with Gasteiger partial charge in [-0.25, -0.2) is 8.42 Å². The molecule has 30 heavy (non-hydrogen) atoms. The molecule has 0 aliphatic carbocycles. The zero-order chi connectivity index (χ0) is 23.0. The molecule has 0 aromatic heterocycles. The number of nitrogens with zero attached hydrogens (tertiary/aromatic N) is 1. The number of Topliss-reactive ketones (excluding diaryl/α,β-unsaturated/α-hetero) is 1. The molecule has 1 aromatic rings. The Bertz CT molecular complexity index is 947. The minimum absolute atomic E-state index is 0.398. The molecule has 0 saturated heterocycles. The fraction of sp³-hybridized carbons (Fsp3) is 0.438. The van der Waals surface area contributed by atoms with Gasteiger partial charge in [-0.05, 0) is 12.1 Å². The molecule has 0 fully saturated rings. The van der Waals surface area contributed by atoms with Crippen LogP contribution in [0.1, 0.15) is 10.4 Å². The first-order valence-electron chi connectivity index (χ1n) is 8.34. The van der Waals surface area contributed by atoms with Crippen molar-refractivity contribution in [3.63, 3.8) is 0 Å². The molecular weight excluding hydrogens is 430 g/mol. The SMILES string of the molecule is O=C(C(=O)N1C(=O)c2ccccc2S1(=O)=O)C(O)C(O)C(O)C(O)C(O)C(O)CO. The number of hydrogen-bond acceptors (Lipinski definition) is 12. The van der Waals surface area contributed by atoms with Crippen LogP contribution in [0.2, 0.25) is 0 Å². The second-order valence-corrected chi connectivity index (χ2v) is 8.15. The lowest BCUT2D eigenvalue weighted by atomic mass is 9.95. The van der Waals surface area contributed by atoms with Gasteiger partial charge in [0.05, 0.1) is 12.2 Å². The van der Waals surface area contributed by atoms with Crippen LogP contribution in [0, 0.1) is 0 Å². The summed E-state index contributed by atoms with van der Waals surface area (Å²) in [5.74, 6) is -5.40. The number of carbonyl (C=O) groups is 3. The molecule has 6 unspecified atom stereocenters. The van der Waals surface area contributed by atoms with Crippen molar-refractivity contribution < 1.29 is 58.5 Å². The molecule has 7 N–H and O–H groups in total. The largest absolute Gasteiger partial charge is 0.394 e. The molecule has 1 heterocycles. The van der Waals surface area contributed by atoms with Crippen LogP contribution >= 0.6 is 0 Å². The van der Waals surface area contributed by atoms with Gasteiger partial charge in [-0.2, -0.15) is 4.31 Å². The highest BCUT2D eigenvalue weighted by Crippen LogP contribution is 2.30. The summed E-state index contributed by atoms with van der Waals surface area (Å²) in [4.78, 5) is 36.2. The van der Waals surface area contributed by atoms with E-state index in [9.17, 15) is 53.4 Å². The highest BCUT2D eigenvalue weighted by atomic mass is 32.2. The van der Waals surface area contributed by atoms with Crippen LogP contribution in [-0.4, -0.2) is 109 Å². The van der Waals surface area contributed by atoms with E-state index in [1.54, 1.807) is 0 Å². The van der Waals surface area contributed by atoms with Gasteiger partial charge in [0, 0.05) is 0 Å². The lowest BCUT2D eigenvalue weighted by Gasteiger charge is -2.30. The highest BCUT2D eigenvalue weighted by Gasteiger charge is 2.50. The standard InChI is InChI=1S/C16H19NO12S/c18-5-7(19)9(20)10(21)11(22)12(23)13(24)14(25)16(27)17-15(26)6-3-1-2-4-8(6)30(17,28)29/h1-4,7,9-13,18-24H,5H2. The Balaban J connectivity index is 2.22. The minimum atomic E-state index is -4.76. The molecule has 2 amide bonds. The van der Waals surface area contributed by atoms with Gasteiger partial charge in [-0.1, -0.05) is 12.1 Å². The third-order valence-electron chi connectivity index (χ3n) is 4.44. The molecule has 1 aliphatic heterocycles. The maximum Gasteiger partial charge on any atom is 0.313 e. The zero-order valence-electron chi connectivity index (χ0n) is 15.0. The van der Waals surface area contributed by atoms with Crippen LogP contribution in [-0.2, 0) is 19.6 Å². The predicted octanol–water partition coefficient (Wildman–Crippen LogP) is -4.92. The van der Waals surface area contributed by atoms with E-state index in [0.717, 1.165) is 12.1 Å². The quantitative estimate of drug-likeness (QED) is 0.185. The first-order valence-corrected chi connectivity index (χ1v) is 9.78. The topological polar surface area (TPSA) is 230 Å². The average molecular weight is 449 g/mol. The van der Waals surface area contributed by atoms with Crippen molar-refractivity contribution in [1.82, 2.24) is 4.31 Å². The average Bonchev–Trinajstić information content (AvgIpc) is 2.94. The van der Waals surface area contributed by atoms with Gasteiger partial charge >= 0.3 is 5.91 Å². The maximum atomic E-state index is 12.4. The van der Waals surface area contributed by atoms with Crippen LogP contribution < -0.4 is 0 Å². The fourth-order valence-electron chi connectivity index (χ4n) is 2.69. The third-order valence-corrected chi connectivity index (χ3v) is 6.16. The Labute approximate surface area is 169 Å². The van der Waals surface area contributed by atoms with Gasteiger partial charge in [0.15, 0.2) is 6.10 Å². The number of sulfonamides is 1. The van der Waals surface area contributed by atoms with Crippen LogP contribution in [0.25, 0.3) is 0 Å². The molecule has 0 bridgehead atoms. The number of rotatable bonds is 8. The molecule has 166 valence electrons. The first-order chi connectivity index (χ1) is 13.9. The third kappa shape index (κ3) is 3.99. The summed E-state index contributed by atoms with van der Waals surface area (Å²) in [6.07, 6.45) is -14.5. The number of hydrogen-bond donors (Lipinski definition) is 7. The van der Waals surface area contributed by atoms with E-state index >= 15 is 0 Å². The predicted molar refractivity (Wildman–Crippen MR) is 92.9 cm³/mol. The Hall–Kier alpha value is -2.30. The van der Waals surface area contributed by atoms with Crippen molar-refractivity contribution >= 4 is 27.6 Å². The van der Waals surface area contributed by atoms with Crippen LogP contribution in [0.5, 0.6) is 0 Å². The van der Waals surface area contributed by atoms with Gasteiger partial charge < -0.3 is 35.7 Å². The molecule has 13 nitrogen and oxygen atoms in total. The number of fused-ring (bicyclic) bond motifs is 1. The summed E-state index contributed by atoms with van der Waals surface area (Å²) in [5.41, 5.74) is -0.398. The molecule has 14 heteroatoms. The highest BCUT2D eigenvalue weighted by molar-refractivity contribution is 7.91. The summed E-state index contributed by atoms with van der Waals surface area (Å²) in [6.45, 7) is -1.05. The van der Waals surface area contributed by atoms with E-state index in [0.29, 0.717) is 0 Å². The molecular formula is C16H19NO12S. The molecule has 2 rings (SSSR count). The van der Waals surface area contributed by atoms with Crippen LogP contribution in [0.4, 0.5) is 0 Å². The van der Waals surface area contributed by atoms with E-state index in [1.165, 1.54) is 12.1 Å². The van der Waals surface area contributed by atoms with Crippen molar-refractivity contribution in [1.29, 1.82) is 0 Å². The van der Waals surface area contributed by atoms with Crippen molar-refractivity contribution in [3.05, 3.63) is 29.8 Å². The minimum Gasteiger partial charge on any atom is -0.394 e. The number of imide groups is 1. The number of amides is 2.